The largest absolute Gasteiger partial charge is 0.429 e. The van der Waals surface area contributed by atoms with Crippen LogP contribution in [-0.2, 0) is 17.7 Å². The Bertz CT molecular complexity index is 1270. The van der Waals surface area contributed by atoms with E-state index >= 15 is 0 Å². The van der Waals surface area contributed by atoms with Crippen molar-refractivity contribution in [3.63, 3.8) is 0 Å². The van der Waals surface area contributed by atoms with E-state index in [-0.39, 0.29) is 6.54 Å². The predicted octanol–water partition coefficient (Wildman–Crippen LogP) is 4.65. The lowest BCUT2D eigenvalue weighted by Crippen LogP contribution is -2.27. The monoisotopic (exact) mass is 436 g/mol. The van der Waals surface area contributed by atoms with Crippen molar-refractivity contribution in [3.8, 4) is 16.9 Å². The second-order valence-electron chi connectivity index (χ2n) is 7.03. The summed E-state index contributed by atoms with van der Waals surface area (Å²) >= 11 is 6.04. The van der Waals surface area contributed by atoms with Crippen molar-refractivity contribution in [1.82, 2.24) is 20.1 Å². The summed E-state index contributed by atoms with van der Waals surface area (Å²) in [5, 5.41) is 12.8. The predicted molar refractivity (Wildman–Crippen MR) is 117 cm³/mol. The molecule has 0 radical (unpaired) electrons. The third kappa shape index (κ3) is 3.65. The molecule has 0 saturated carbocycles. The van der Waals surface area contributed by atoms with Crippen molar-refractivity contribution in [2.45, 2.75) is 13.1 Å². The van der Waals surface area contributed by atoms with Crippen LogP contribution in [0.3, 0.4) is 0 Å². The van der Waals surface area contributed by atoms with Crippen LogP contribution in [0.4, 0.5) is 0 Å². The molecule has 2 heterocycles. The van der Waals surface area contributed by atoms with Gasteiger partial charge in [0.25, 0.3) is 0 Å². The first-order chi connectivity index (χ1) is 14.6. The van der Waals surface area contributed by atoms with Crippen LogP contribution in [0.15, 0.2) is 79.0 Å². The first-order valence-corrected chi connectivity index (χ1v) is 11.5. The molecule has 0 aliphatic carbocycles. The molecule has 0 fully saturated rings. The van der Waals surface area contributed by atoms with Crippen LogP contribution < -0.4 is 14.9 Å². The summed E-state index contributed by atoms with van der Waals surface area (Å²) in [6.07, 6.45) is 1.82. The van der Waals surface area contributed by atoms with Gasteiger partial charge in [-0.1, -0.05) is 65.3 Å². The highest BCUT2D eigenvalue weighted by molar-refractivity contribution is 7.65. The zero-order valence-corrected chi connectivity index (χ0v) is 17.6. The highest BCUT2D eigenvalue weighted by atomic mass is 35.5. The summed E-state index contributed by atoms with van der Waals surface area (Å²) in [5.74, 6) is 0.608. The summed E-state index contributed by atoms with van der Waals surface area (Å²) in [4.78, 5) is 0. The molecular formula is C22H18ClN4O2P. The Morgan fingerprint density at radius 1 is 1.00 bits per heavy atom. The normalized spacial score (nSPS) is 17.1. The van der Waals surface area contributed by atoms with E-state index in [1.54, 1.807) is 4.68 Å². The number of benzene rings is 3. The van der Waals surface area contributed by atoms with Crippen LogP contribution in [0.5, 0.6) is 5.75 Å². The van der Waals surface area contributed by atoms with Crippen molar-refractivity contribution < 1.29 is 9.09 Å². The van der Waals surface area contributed by atoms with E-state index in [1.807, 2.05) is 79.0 Å². The van der Waals surface area contributed by atoms with Crippen LogP contribution in [0.2, 0.25) is 5.02 Å². The zero-order valence-electron chi connectivity index (χ0n) is 15.9. The fraction of sp³-hybridized carbons (Fsp3) is 0.0909. The van der Waals surface area contributed by atoms with Crippen LogP contribution in [-0.4, -0.2) is 15.0 Å². The molecule has 0 bridgehead atoms. The van der Waals surface area contributed by atoms with E-state index in [1.165, 1.54) is 0 Å². The average molecular weight is 437 g/mol. The van der Waals surface area contributed by atoms with Gasteiger partial charge in [0.2, 0.25) is 0 Å². The van der Waals surface area contributed by atoms with Crippen molar-refractivity contribution in [2.24, 2.45) is 0 Å². The molecular weight excluding hydrogens is 419 g/mol. The first kappa shape index (κ1) is 19.1. The molecule has 1 N–H and O–H groups in total. The molecule has 8 heteroatoms. The molecule has 4 aromatic rings. The molecule has 1 unspecified atom stereocenters. The number of para-hydroxylation sites is 1. The van der Waals surface area contributed by atoms with Crippen LogP contribution in [0.25, 0.3) is 11.1 Å². The van der Waals surface area contributed by atoms with Gasteiger partial charge in [-0.25, -0.2) is 9.77 Å². The van der Waals surface area contributed by atoms with Crippen molar-refractivity contribution in [3.05, 3.63) is 95.3 Å². The minimum Gasteiger partial charge on any atom is -0.429 e. The van der Waals surface area contributed by atoms with E-state index in [9.17, 15) is 4.57 Å². The summed E-state index contributed by atoms with van der Waals surface area (Å²) < 4.78 is 21.4. The summed E-state index contributed by atoms with van der Waals surface area (Å²) in [5.41, 5.74) is 3.56. The number of halogens is 1. The van der Waals surface area contributed by atoms with Gasteiger partial charge < -0.3 is 4.52 Å². The van der Waals surface area contributed by atoms with E-state index in [4.69, 9.17) is 16.1 Å². The Kier molecular flexibility index (Phi) is 4.91. The van der Waals surface area contributed by atoms with Gasteiger partial charge in [-0.2, -0.15) is 0 Å². The quantitative estimate of drug-likeness (QED) is 0.461. The van der Waals surface area contributed by atoms with Crippen LogP contribution >= 0.6 is 19.1 Å². The summed E-state index contributed by atoms with van der Waals surface area (Å²) in [6.45, 7) is 0.821. The van der Waals surface area contributed by atoms with Crippen molar-refractivity contribution in [2.75, 3.05) is 0 Å². The summed E-state index contributed by atoms with van der Waals surface area (Å²) in [6, 6.07) is 22.8. The van der Waals surface area contributed by atoms with Gasteiger partial charge >= 0.3 is 7.52 Å². The molecule has 3 aromatic carbocycles. The van der Waals surface area contributed by atoms with Crippen molar-refractivity contribution in [1.29, 1.82) is 0 Å². The lowest BCUT2D eigenvalue weighted by molar-refractivity contribution is 0.476. The molecule has 1 aromatic heterocycles. The average Bonchev–Trinajstić information content (AvgIpc) is 3.20. The van der Waals surface area contributed by atoms with Gasteiger partial charge in [0.05, 0.1) is 30.3 Å². The molecule has 5 rings (SSSR count). The van der Waals surface area contributed by atoms with Gasteiger partial charge in [-0.3, -0.25) is 4.57 Å². The molecule has 1 aliphatic rings. The maximum absolute atomic E-state index is 13.7. The van der Waals surface area contributed by atoms with Gasteiger partial charge in [-0.15, -0.1) is 5.10 Å². The Balaban J connectivity index is 1.36. The van der Waals surface area contributed by atoms with Gasteiger partial charge in [-0.05, 0) is 29.8 Å². The molecule has 6 nitrogen and oxygen atoms in total. The van der Waals surface area contributed by atoms with Gasteiger partial charge in [0.15, 0.2) is 0 Å². The molecule has 0 saturated heterocycles. The standard InChI is InChI=1S/C22H18ClN4O2P/c23-17-7-5-6-16(12-17)14-27-15-18(25-26-27)13-24-30(28)22-11-4-2-9-20(22)19-8-1-3-10-21(19)29-30/h1-12,15H,13-14H2,(H,24,28). The number of hydrogen-bond donors (Lipinski definition) is 1. The van der Waals surface area contributed by atoms with Gasteiger partial charge in [0.1, 0.15) is 5.75 Å². The number of nitrogens with one attached hydrogen (secondary N) is 1. The highest BCUT2D eigenvalue weighted by Crippen LogP contribution is 2.51. The summed E-state index contributed by atoms with van der Waals surface area (Å²) in [7, 11) is -3.31. The number of aromatic nitrogens is 3. The minimum absolute atomic E-state index is 0.267. The molecule has 1 atom stereocenters. The number of rotatable bonds is 5. The topological polar surface area (TPSA) is 69.0 Å². The SMILES string of the molecule is O=P1(NCc2cn(Cc3cccc(Cl)c3)nn2)Oc2ccccc2-c2ccccc21. The van der Waals surface area contributed by atoms with E-state index in [0.29, 0.717) is 28.3 Å². The second-order valence-corrected chi connectivity index (χ2v) is 9.55. The third-order valence-electron chi connectivity index (χ3n) is 4.91. The Morgan fingerprint density at radius 3 is 2.67 bits per heavy atom. The molecule has 1 aliphatic heterocycles. The first-order valence-electron chi connectivity index (χ1n) is 9.48. The van der Waals surface area contributed by atoms with Crippen LogP contribution in [0, 0.1) is 0 Å². The lowest BCUT2D eigenvalue weighted by Gasteiger charge is -2.28. The molecule has 0 spiro atoms. The lowest BCUT2D eigenvalue weighted by atomic mass is 10.0. The zero-order chi connectivity index (χ0) is 20.6. The van der Waals surface area contributed by atoms with Crippen molar-refractivity contribution >= 4 is 24.4 Å². The van der Waals surface area contributed by atoms with E-state index in [2.05, 4.69) is 15.4 Å². The highest BCUT2D eigenvalue weighted by Gasteiger charge is 2.35. The fourth-order valence-corrected chi connectivity index (χ4v) is 5.68. The maximum Gasteiger partial charge on any atom is 0.347 e. The molecule has 0 amide bonds. The Labute approximate surface area is 179 Å². The number of nitrogens with zero attached hydrogens (tertiary/aromatic N) is 3. The number of fused-ring (bicyclic) bond motifs is 3. The molecule has 150 valence electrons. The number of hydrogen-bond acceptors (Lipinski definition) is 4. The van der Waals surface area contributed by atoms with E-state index < -0.39 is 7.52 Å². The Hall–Kier alpha value is -2.92. The fourth-order valence-electron chi connectivity index (χ4n) is 3.54. The Morgan fingerprint density at radius 2 is 1.80 bits per heavy atom. The smallest absolute Gasteiger partial charge is 0.347 e. The van der Waals surface area contributed by atoms with Crippen LogP contribution in [0.1, 0.15) is 11.3 Å². The van der Waals surface area contributed by atoms with E-state index in [0.717, 1.165) is 16.7 Å². The van der Waals surface area contributed by atoms with Gasteiger partial charge in [0, 0.05) is 16.1 Å². The maximum atomic E-state index is 13.7. The minimum atomic E-state index is -3.31. The molecule has 30 heavy (non-hydrogen) atoms. The third-order valence-corrected chi connectivity index (χ3v) is 7.20. The second kappa shape index (κ2) is 7.73.